The fraction of sp³-hybridized carbons (Fsp3) is 0.467. The van der Waals surface area contributed by atoms with Crippen molar-refractivity contribution in [2.45, 2.75) is 34.6 Å². The molecule has 0 heterocycles. The first-order valence-corrected chi connectivity index (χ1v) is 6.22. The molecule has 1 aromatic rings. The van der Waals surface area contributed by atoms with Crippen LogP contribution in [0.3, 0.4) is 0 Å². The van der Waals surface area contributed by atoms with Crippen molar-refractivity contribution in [1.82, 2.24) is 0 Å². The maximum atomic E-state index is 5.31. The fourth-order valence-corrected chi connectivity index (χ4v) is 0.882. The summed E-state index contributed by atoms with van der Waals surface area (Å²) in [4.78, 5) is 0. The molecular weight excluding hydrogens is 210 g/mol. The Kier molecular flexibility index (Phi) is 25.0. The Morgan fingerprint density at radius 1 is 1.18 bits per heavy atom. The van der Waals surface area contributed by atoms with Gasteiger partial charge in [-0.05, 0) is 24.6 Å². The highest BCUT2D eigenvalue weighted by Gasteiger charge is 1.90. The molecule has 0 spiro atoms. The second kappa shape index (κ2) is 20.2. The van der Waals surface area contributed by atoms with E-state index in [1.165, 1.54) is 5.56 Å². The van der Waals surface area contributed by atoms with Crippen molar-refractivity contribution in [2.24, 2.45) is 5.73 Å². The van der Waals surface area contributed by atoms with E-state index in [0.29, 0.717) is 13.2 Å². The van der Waals surface area contributed by atoms with E-state index >= 15 is 0 Å². The monoisotopic (exact) mass is 241 g/mol. The average Bonchev–Trinajstić information content (AvgIpc) is 2.43. The minimum Gasteiger partial charge on any atom is -0.492 e. The van der Waals surface area contributed by atoms with Gasteiger partial charge in [-0.2, -0.15) is 0 Å². The van der Waals surface area contributed by atoms with Gasteiger partial charge in [-0.1, -0.05) is 39.8 Å². The minimum absolute atomic E-state index is 0. The van der Waals surface area contributed by atoms with Gasteiger partial charge in [0.05, 0.1) is 0 Å². The van der Waals surface area contributed by atoms with E-state index in [4.69, 9.17) is 10.5 Å². The molecular formula is C15H31NO. The van der Waals surface area contributed by atoms with Crippen molar-refractivity contribution in [3.05, 3.63) is 43.0 Å². The van der Waals surface area contributed by atoms with Gasteiger partial charge in [0, 0.05) is 7.97 Å². The van der Waals surface area contributed by atoms with Crippen LogP contribution in [-0.2, 0) is 0 Å². The molecule has 1 aromatic carbocycles. The molecule has 0 aliphatic carbocycles. The quantitative estimate of drug-likeness (QED) is 0.794. The van der Waals surface area contributed by atoms with Gasteiger partial charge in [-0.25, -0.2) is 0 Å². The first kappa shape index (κ1) is 21.1. The van der Waals surface area contributed by atoms with Crippen molar-refractivity contribution in [2.75, 3.05) is 13.2 Å². The normalized spacial score (nSPS) is 7.18. The van der Waals surface area contributed by atoms with Crippen molar-refractivity contribution >= 4 is 0 Å². The molecule has 2 N–H and O–H groups in total. The predicted molar refractivity (Wildman–Crippen MR) is 81.8 cm³/mol. The molecule has 2 nitrogen and oxygen atoms in total. The van der Waals surface area contributed by atoms with Crippen LogP contribution < -0.4 is 10.5 Å². The fourth-order valence-electron chi connectivity index (χ4n) is 0.882. The molecule has 0 fully saturated rings. The predicted octanol–water partition coefficient (Wildman–Crippen LogP) is 4.43. The van der Waals surface area contributed by atoms with E-state index in [9.17, 15) is 0 Å². The summed E-state index contributed by atoms with van der Waals surface area (Å²) in [6.07, 6.45) is 0. The lowest BCUT2D eigenvalue weighted by Gasteiger charge is -2.03. The summed E-state index contributed by atoms with van der Waals surface area (Å²) < 4.78 is 5.31. The summed E-state index contributed by atoms with van der Waals surface area (Å²) >= 11 is 0. The number of hydrogen-bond acceptors (Lipinski definition) is 2. The summed E-state index contributed by atoms with van der Waals surface area (Å²) in [5.41, 5.74) is 6.50. The van der Waals surface area contributed by atoms with Crippen LogP contribution in [0.25, 0.3) is 0 Å². The second-order valence-corrected chi connectivity index (χ2v) is 2.45. The number of ether oxygens (including phenoxy) is 1. The van der Waals surface area contributed by atoms with E-state index < -0.39 is 0 Å². The molecule has 0 aliphatic rings. The molecule has 0 unspecified atom stereocenters. The first-order chi connectivity index (χ1) is 8.33. The van der Waals surface area contributed by atoms with Crippen LogP contribution in [0, 0.1) is 6.92 Å². The van der Waals surface area contributed by atoms with Gasteiger partial charge in [-0.3, -0.25) is 0 Å². The van der Waals surface area contributed by atoms with E-state index in [-0.39, 0.29) is 1.43 Å². The summed E-state index contributed by atoms with van der Waals surface area (Å²) in [6.45, 7) is 17.2. The van der Waals surface area contributed by atoms with Crippen LogP contribution in [0.2, 0.25) is 0 Å². The second-order valence-electron chi connectivity index (χ2n) is 2.45. The Hall–Kier alpha value is -1.28. The highest BCUT2D eigenvalue weighted by atomic mass is 16.5. The lowest BCUT2D eigenvalue weighted by atomic mass is 10.2. The molecule has 0 saturated heterocycles. The van der Waals surface area contributed by atoms with E-state index in [2.05, 4.69) is 13.2 Å². The van der Waals surface area contributed by atoms with Gasteiger partial charge in [0.15, 0.2) is 0 Å². The lowest BCUT2D eigenvalue weighted by molar-refractivity contribution is 0.328. The molecule has 0 saturated carbocycles. The van der Waals surface area contributed by atoms with Crippen molar-refractivity contribution in [3.63, 3.8) is 0 Å². The molecule has 102 valence electrons. The highest BCUT2D eigenvalue weighted by Crippen LogP contribution is 2.11. The number of aryl methyl sites for hydroxylation is 1. The maximum absolute atomic E-state index is 5.31. The van der Waals surface area contributed by atoms with E-state index in [0.717, 1.165) is 5.75 Å². The topological polar surface area (TPSA) is 35.2 Å². The van der Waals surface area contributed by atoms with E-state index in [1.54, 1.807) is 0 Å². The molecule has 0 aromatic heterocycles. The summed E-state index contributed by atoms with van der Waals surface area (Å²) in [5, 5.41) is 0. The van der Waals surface area contributed by atoms with Crippen molar-refractivity contribution in [3.8, 4) is 5.75 Å². The Balaban J connectivity index is -0.000000123. The van der Waals surface area contributed by atoms with Gasteiger partial charge < -0.3 is 10.5 Å². The van der Waals surface area contributed by atoms with E-state index in [1.807, 2.05) is 58.9 Å². The largest absolute Gasteiger partial charge is 0.492 e. The van der Waals surface area contributed by atoms with Crippen LogP contribution in [0.4, 0.5) is 0 Å². The number of nitrogens with two attached hydrogens (primary N) is 1. The molecule has 2 heteroatoms. The van der Waals surface area contributed by atoms with Crippen LogP contribution in [-0.4, -0.2) is 13.2 Å². The van der Waals surface area contributed by atoms with Crippen molar-refractivity contribution < 1.29 is 6.16 Å². The molecule has 0 atom stereocenters. The Morgan fingerprint density at radius 2 is 1.71 bits per heavy atom. The van der Waals surface area contributed by atoms with Crippen LogP contribution in [0.5, 0.6) is 5.75 Å². The maximum Gasteiger partial charge on any atom is 0.119 e. The van der Waals surface area contributed by atoms with Gasteiger partial charge >= 0.3 is 0 Å². The highest BCUT2D eigenvalue weighted by molar-refractivity contribution is 5.27. The molecule has 1 rings (SSSR count). The third kappa shape index (κ3) is 14.7. The SMILES string of the molecule is C=C.CC.CC.Cc1cccc(OCCN)c1.[HH]. The standard InChI is InChI=1S/C9H13NO.2C2H6.C2H4.H2/c1-8-3-2-4-9(7-8)11-6-5-10;3*1-2;/h2-4,7H,5-6,10H2,1H3;2*1-2H3;1-2H2;1H. The summed E-state index contributed by atoms with van der Waals surface area (Å²) in [5.74, 6) is 0.899. The average molecular weight is 241 g/mol. The zero-order chi connectivity index (χ0) is 14.1. The number of benzene rings is 1. The Morgan fingerprint density at radius 3 is 2.12 bits per heavy atom. The minimum atomic E-state index is 0. The van der Waals surface area contributed by atoms with Crippen LogP contribution in [0.15, 0.2) is 37.4 Å². The third-order valence-corrected chi connectivity index (χ3v) is 1.38. The summed E-state index contributed by atoms with van der Waals surface area (Å²) in [6, 6.07) is 7.94. The van der Waals surface area contributed by atoms with Gasteiger partial charge in [0.25, 0.3) is 0 Å². The molecule has 0 bridgehead atoms. The van der Waals surface area contributed by atoms with Gasteiger partial charge in [0.2, 0.25) is 0 Å². The lowest BCUT2D eigenvalue weighted by Crippen LogP contribution is -2.10. The molecule has 0 amide bonds. The number of hydrogen-bond donors (Lipinski definition) is 1. The van der Waals surface area contributed by atoms with Crippen molar-refractivity contribution in [1.29, 1.82) is 0 Å². The molecule has 0 radical (unpaired) electrons. The summed E-state index contributed by atoms with van der Waals surface area (Å²) in [7, 11) is 0. The number of rotatable bonds is 3. The smallest absolute Gasteiger partial charge is 0.119 e. The zero-order valence-corrected chi connectivity index (χ0v) is 12.1. The molecule has 0 aliphatic heterocycles. The Labute approximate surface area is 109 Å². The van der Waals surface area contributed by atoms with Gasteiger partial charge in [-0.15, -0.1) is 13.2 Å². The van der Waals surface area contributed by atoms with Gasteiger partial charge in [0.1, 0.15) is 12.4 Å². The third-order valence-electron chi connectivity index (χ3n) is 1.38. The van der Waals surface area contributed by atoms with Crippen LogP contribution in [0.1, 0.15) is 34.7 Å². The van der Waals surface area contributed by atoms with Crippen LogP contribution >= 0.6 is 0 Å². The first-order valence-electron chi connectivity index (χ1n) is 6.22. The zero-order valence-electron chi connectivity index (χ0n) is 12.1. The molecule has 17 heavy (non-hydrogen) atoms. The Bertz CT molecular complexity index is 242.